The van der Waals surface area contributed by atoms with Gasteiger partial charge in [0.15, 0.2) is 5.78 Å². The van der Waals surface area contributed by atoms with Crippen molar-refractivity contribution in [2.45, 2.75) is 76.4 Å². The van der Waals surface area contributed by atoms with Crippen molar-refractivity contribution in [2.75, 3.05) is 7.11 Å². The van der Waals surface area contributed by atoms with Gasteiger partial charge in [-0.05, 0) is 56.6 Å². The Hall–Kier alpha value is -2.08. The third-order valence-corrected chi connectivity index (χ3v) is 8.31. The van der Waals surface area contributed by atoms with E-state index in [9.17, 15) is 18.6 Å². The van der Waals surface area contributed by atoms with Crippen LogP contribution in [0.3, 0.4) is 0 Å². The van der Waals surface area contributed by atoms with Gasteiger partial charge in [0.1, 0.15) is 11.0 Å². The van der Waals surface area contributed by atoms with Gasteiger partial charge in [-0.15, -0.1) is 0 Å². The number of hydrogen-bond donors (Lipinski definition) is 0. The molecule has 33 heavy (non-hydrogen) atoms. The first-order valence-corrected chi connectivity index (χ1v) is 13.1. The molecule has 1 aliphatic carbocycles. The van der Waals surface area contributed by atoms with Gasteiger partial charge in [0, 0.05) is 23.7 Å². The van der Waals surface area contributed by atoms with Crippen LogP contribution in [0.25, 0.3) is 0 Å². The normalized spacial score (nSPS) is 28.5. The molecule has 0 amide bonds. The van der Waals surface area contributed by atoms with E-state index in [4.69, 9.17) is 4.74 Å². The molecule has 0 spiro atoms. The number of ketones is 2. The number of benzene rings is 1. The highest BCUT2D eigenvalue weighted by Gasteiger charge is 2.43. The molecule has 0 heterocycles. The van der Waals surface area contributed by atoms with Crippen LogP contribution >= 0.6 is 0 Å². The third-order valence-electron chi connectivity index (χ3n) is 6.55. The number of allylic oxidation sites excluding steroid dienone is 2. The molecule has 6 heteroatoms. The minimum absolute atomic E-state index is 0.0162. The number of esters is 1. The topological polar surface area (TPSA) is 77.5 Å². The monoisotopic (exact) mass is 474 g/mol. The lowest BCUT2D eigenvalue weighted by atomic mass is 9.80. The van der Waals surface area contributed by atoms with Crippen molar-refractivity contribution in [3.63, 3.8) is 0 Å². The fourth-order valence-electron chi connectivity index (χ4n) is 4.55. The zero-order valence-electron chi connectivity index (χ0n) is 20.5. The highest BCUT2D eigenvalue weighted by molar-refractivity contribution is 7.86. The number of carbonyl (C=O) groups is 3. The van der Waals surface area contributed by atoms with Crippen LogP contribution in [0.4, 0.5) is 0 Å². The van der Waals surface area contributed by atoms with Gasteiger partial charge in [0.25, 0.3) is 0 Å². The van der Waals surface area contributed by atoms with Gasteiger partial charge >= 0.3 is 5.97 Å². The molecule has 1 aromatic rings. The molecular formula is C27H38O5S. The van der Waals surface area contributed by atoms with Crippen LogP contribution in [0.2, 0.25) is 0 Å². The molecule has 0 N–H and O–H groups in total. The van der Waals surface area contributed by atoms with Gasteiger partial charge in [-0.25, -0.2) is 0 Å². The fraction of sp³-hybridized carbons (Fsp3) is 0.593. The van der Waals surface area contributed by atoms with Crippen LogP contribution in [0.5, 0.6) is 0 Å². The van der Waals surface area contributed by atoms with E-state index in [2.05, 4.69) is 13.0 Å². The van der Waals surface area contributed by atoms with Crippen molar-refractivity contribution >= 4 is 28.3 Å². The summed E-state index contributed by atoms with van der Waals surface area (Å²) in [5.41, 5.74) is 1.22. The molecular weight excluding hydrogens is 436 g/mol. The lowest BCUT2D eigenvalue weighted by molar-refractivity contribution is -0.149. The molecule has 5 nitrogen and oxygen atoms in total. The largest absolute Gasteiger partial charge is 0.469 e. The third kappa shape index (κ3) is 7.73. The van der Waals surface area contributed by atoms with E-state index >= 15 is 0 Å². The Labute approximate surface area is 200 Å². The minimum Gasteiger partial charge on any atom is -0.469 e. The lowest BCUT2D eigenvalue weighted by Gasteiger charge is -2.29. The van der Waals surface area contributed by atoms with Gasteiger partial charge in [-0.3, -0.25) is 18.6 Å². The molecule has 3 unspecified atom stereocenters. The molecule has 182 valence electrons. The zero-order chi connectivity index (χ0) is 24.5. The van der Waals surface area contributed by atoms with E-state index in [0.717, 1.165) is 19.3 Å². The van der Waals surface area contributed by atoms with Crippen LogP contribution in [0.15, 0.2) is 46.9 Å². The van der Waals surface area contributed by atoms with Crippen LogP contribution in [-0.2, 0) is 29.9 Å². The predicted molar refractivity (Wildman–Crippen MR) is 131 cm³/mol. The number of Topliss-reactive ketones (excluding diaryl/α,β-unsaturated/α-hetero) is 2. The maximum absolute atomic E-state index is 13.9. The van der Waals surface area contributed by atoms with E-state index in [-0.39, 0.29) is 35.7 Å². The minimum atomic E-state index is -1.79. The SMILES string of the molecule is COC(=O)C1CC(=O)C[C@@H](C)CC/C=C(\C)CCC(C(C)C)C(=O)[C@H]1S(=O)c1ccccc1. The molecule has 5 atom stereocenters. The van der Waals surface area contributed by atoms with Crippen molar-refractivity contribution in [1.29, 1.82) is 0 Å². The Balaban J connectivity index is 2.58. The Bertz CT molecular complexity index is 874. The van der Waals surface area contributed by atoms with E-state index in [0.29, 0.717) is 17.7 Å². The van der Waals surface area contributed by atoms with E-state index in [1.54, 1.807) is 24.3 Å². The number of ether oxygens (including phenoxy) is 1. The molecule has 0 aliphatic heterocycles. The Kier molecular flexibility index (Phi) is 10.7. The average Bonchev–Trinajstić information content (AvgIpc) is 2.77. The molecule has 0 fully saturated rings. The number of methoxy groups -OCH3 is 1. The van der Waals surface area contributed by atoms with Crippen LogP contribution < -0.4 is 0 Å². The van der Waals surface area contributed by atoms with Gasteiger partial charge < -0.3 is 4.74 Å². The van der Waals surface area contributed by atoms with Crippen LogP contribution in [0.1, 0.15) is 66.2 Å². The lowest BCUT2D eigenvalue weighted by Crippen LogP contribution is -2.44. The second-order valence-electron chi connectivity index (χ2n) is 9.63. The summed E-state index contributed by atoms with van der Waals surface area (Å²) in [7, 11) is -0.537. The maximum atomic E-state index is 13.9. The number of carbonyl (C=O) groups excluding carboxylic acids is 3. The molecule has 0 bridgehead atoms. The molecule has 2 rings (SSSR count). The second-order valence-corrected chi connectivity index (χ2v) is 11.2. The Morgan fingerprint density at radius 1 is 1.09 bits per heavy atom. The van der Waals surface area contributed by atoms with Gasteiger partial charge in [0.05, 0.1) is 23.8 Å². The Morgan fingerprint density at radius 2 is 1.76 bits per heavy atom. The molecule has 0 aromatic heterocycles. The van der Waals surface area contributed by atoms with Gasteiger partial charge in [-0.2, -0.15) is 0 Å². The molecule has 1 aromatic carbocycles. The van der Waals surface area contributed by atoms with Crippen molar-refractivity contribution in [2.24, 2.45) is 23.7 Å². The molecule has 0 saturated carbocycles. The highest BCUT2D eigenvalue weighted by atomic mass is 32.2. The van der Waals surface area contributed by atoms with Crippen molar-refractivity contribution in [3.05, 3.63) is 42.0 Å². The zero-order valence-corrected chi connectivity index (χ0v) is 21.4. The summed E-state index contributed by atoms with van der Waals surface area (Å²) in [6.07, 6.45) is 5.57. The number of hydrogen-bond acceptors (Lipinski definition) is 5. The smallest absolute Gasteiger partial charge is 0.310 e. The van der Waals surface area contributed by atoms with Crippen molar-refractivity contribution < 1.29 is 23.3 Å². The summed E-state index contributed by atoms with van der Waals surface area (Å²) < 4.78 is 18.8. The average molecular weight is 475 g/mol. The van der Waals surface area contributed by atoms with Crippen LogP contribution in [0, 0.1) is 23.7 Å². The standard InChI is InChI=1S/C27H38O5S/c1-18(2)23-15-14-19(3)10-9-11-20(4)16-21(28)17-24(27(30)32-5)26(25(23)29)33(31)22-12-7-6-8-13-22/h6-8,10,12-13,18,20,23-24,26H,9,11,14-17H2,1-5H3/b19-10+/t20-,23?,24?,26-,33?/m0/s1. The van der Waals surface area contributed by atoms with E-state index in [1.807, 2.05) is 26.8 Å². The summed E-state index contributed by atoms with van der Waals surface area (Å²) in [6, 6.07) is 8.73. The summed E-state index contributed by atoms with van der Waals surface area (Å²) in [5.74, 6) is -2.21. The first kappa shape index (κ1) is 27.2. The van der Waals surface area contributed by atoms with E-state index < -0.39 is 27.9 Å². The quantitative estimate of drug-likeness (QED) is 0.437. The van der Waals surface area contributed by atoms with Crippen LogP contribution in [-0.4, -0.2) is 34.1 Å². The predicted octanol–water partition coefficient (Wildman–Crippen LogP) is 5.30. The summed E-state index contributed by atoms with van der Waals surface area (Å²) >= 11 is 0. The summed E-state index contributed by atoms with van der Waals surface area (Å²) in [5, 5.41) is -1.13. The van der Waals surface area contributed by atoms with Gasteiger partial charge in [0.2, 0.25) is 0 Å². The summed E-state index contributed by atoms with van der Waals surface area (Å²) in [6.45, 7) is 8.06. The summed E-state index contributed by atoms with van der Waals surface area (Å²) in [4.78, 5) is 40.3. The second kappa shape index (κ2) is 13.0. The van der Waals surface area contributed by atoms with Gasteiger partial charge in [-0.1, -0.05) is 50.6 Å². The fourth-order valence-corrected chi connectivity index (χ4v) is 6.16. The first-order chi connectivity index (χ1) is 15.6. The molecule has 0 radical (unpaired) electrons. The molecule has 0 saturated heterocycles. The van der Waals surface area contributed by atoms with E-state index in [1.165, 1.54) is 12.7 Å². The highest BCUT2D eigenvalue weighted by Crippen LogP contribution is 2.31. The van der Waals surface area contributed by atoms with Crippen molar-refractivity contribution in [1.82, 2.24) is 0 Å². The molecule has 1 aliphatic rings. The number of rotatable bonds is 4. The van der Waals surface area contributed by atoms with Crippen molar-refractivity contribution in [3.8, 4) is 0 Å². The maximum Gasteiger partial charge on any atom is 0.310 e. The first-order valence-electron chi connectivity index (χ1n) is 11.9. The Morgan fingerprint density at radius 3 is 2.36 bits per heavy atom.